The molecule has 2 aromatic rings. The topological polar surface area (TPSA) is 22.4 Å². The van der Waals surface area contributed by atoms with Gasteiger partial charge in [0.25, 0.3) is 0 Å². The Kier molecular flexibility index (Phi) is 3.11. The molecule has 2 rings (SSSR count). The highest BCUT2D eigenvalue weighted by molar-refractivity contribution is 9.10. The second-order valence-corrected chi connectivity index (χ2v) is 4.09. The molecule has 2 nitrogen and oxygen atoms in total. The molecule has 0 amide bonds. The second kappa shape index (κ2) is 4.53. The van der Waals surface area contributed by atoms with Crippen molar-refractivity contribution < 1.29 is 9.15 Å². The Labute approximate surface area is 97.0 Å². The number of benzene rings is 1. The molecule has 0 N–H and O–H groups in total. The Balaban J connectivity index is 1.99. The first kappa shape index (κ1) is 10.3. The average Bonchev–Trinajstić information content (AvgIpc) is 2.62. The monoisotopic (exact) mass is 266 g/mol. The van der Waals surface area contributed by atoms with Crippen molar-refractivity contribution in [2.75, 3.05) is 0 Å². The van der Waals surface area contributed by atoms with Crippen LogP contribution in [0.15, 0.2) is 45.5 Å². The van der Waals surface area contributed by atoms with Crippen LogP contribution in [0, 0.1) is 6.92 Å². The van der Waals surface area contributed by atoms with E-state index in [2.05, 4.69) is 15.9 Å². The highest BCUT2D eigenvalue weighted by Gasteiger charge is 2.00. The quantitative estimate of drug-likeness (QED) is 0.840. The molecule has 0 fully saturated rings. The van der Waals surface area contributed by atoms with Crippen LogP contribution >= 0.6 is 15.9 Å². The van der Waals surface area contributed by atoms with Gasteiger partial charge in [0.1, 0.15) is 18.1 Å². The summed E-state index contributed by atoms with van der Waals surface area (Å²) in [6, 6.07) is 11.7. The van der Waals surface area contributed by atoms with Crippen LogP contribution in [-0.4, -0.2) is 0 Å². The summed E-state index contributed by atoms with van der Waals surface area (Å²) in [7, 11) is 0. The van der Waals surface area contributed by atoms with Crippen molar-refractivity contribution in [2.24, 2.45) is 0 Å². The molecule has 0 aliphatic heterocycles. The molecule has 0 spiro atoms. The SMILES string of the molecule is Cc1cccc(OCc2ccc(Br)o2)c1. The molecule has 15 heavy (non-hydrogen) atoms. The Morgan fingerprint density at radius 2 is 2.13 bits per heavy atom. The summed E-state index contributed by atoms with van der Waals surface area (Å²) in [5, 5.41) is 0. The van der Waals surface area contributed by atoms with E-state index < -0.39 is 0 Å². The molecule has 0 atom stereocenters. The van der Waals surface area contributed by atoms with E-state index >= 15 is 0 Å². The van der Waals surface area contributed by atoms with Crippen LogP contribution in [0.5, 0.6) is 5.75 Å². The molecule has 0 bridgehead atoms. The van der Waals surface area contributed by atoms with Crippen molar-refractivity contribution in [3.63, 3.8) is 0 Å². The van der Waals surface area contributed by atoms with Crippen LogP contribution in [0.4, 0.5) is 0 Å². The zero-order valence-electron chi connectivity index (χ0n) is 8.37. The number of furan rings is 1. The summed E-state index contributed by atoms with van der Waals surface area (Å²) in [6.07, 6.45) is 0. The van der Waals surface area contributed by atoms with Gasteiger partial charge in [0.2, 0.25) is 0 Å². The van der Waals surface area contributed by atoms with Gasteiger partial charge in [-0.25, -0.2) is 0 Å². The molecule has 0 aliphatic carbocycles. The number of hydrogen-bond donors (Lipinski definition) is 0. The Morgan fingerprint density at radius 1 is 1.27 bits per heavy atom. The number of hydrogen-bond acceptors (Lipinski definition) is 2. The van der Waals surface area contributed by atoms with Gasteiger partial charge in [-0.1, -0.05) is 12.1 Å². The minimum absolute atomic E-state index is 0.453. The zero-order valence-corrected chi connectivity index (χ0v) is 9.95. The van der Waals surface area contributed by atoms with Gasteiger partial charge in [-0.3, -0.25) is 0 Å². The van der Waals surface area contributed by atoms with Gasteiger partial charge in [0, 0.05) is 0 Å². The molecule has 0 radical (unpaired) electrons. The average molecular weight is 267 g/mol. The number of halogens is 1. The lowest BCUT2D eigenvalue weighted by atomic mass is 10.2. The molecule has 0 saturated heterocycles. The molecular formula is C12H11BrO2. The summed E-state index contributed by atoms with van der Waals surface area (Å²) in [6.45, 7) is 2.49. The molecule has 1 heterocycles. The smallest absolute Gasteiger partial charge is 0.169 e. The maximum absolute atomic E-state index is 5.57. The summed E-state index contributed by atoms with van der Waals surface area (Å²) in [5.41, 5.74) is 1.19. The predicted molar refractivity (Wildman–Crippen MR) is 61.9 cm³/mol. The third-order valence-electron chi connectivity index (χ3n) is 2.00. The molecule has 1 aromatic heterocycles. The van der Waals surface area contributed by atoms with Gasteiger partial charge in [-0.15, -0.1) is 0 Å². The largest absolute Gasteiger partial charge is 0.486 e. The second-order valence-electron chi connectivity index (χ2n) is 3.31. The summed E-state index contributed by atoms with van der Waals surface area (Å²) in [5.74, 6) is 1.67. The first-order valence-corrected chi connectivity index (χ1v) is 5.47. The fraction of sp³-hybridized carbons (Fsp3) is 0.167. The predicted octanol–water partition coefficient (Wildman–Crippen LogP) is 3.93. The third-order valence-corrected chi connectivity index (χ3v) is 2.43. The number of rotatable bonds is 3. The molecule has 78 valence electrons. The maximum Gasteiger partial charge on any atom is 0.169 e. The van der Waals surface area contributed by atoms with Crippen LogP contribution in [0.1, 0.15) is 11.3 Å². The minimum atomic E-state index is 0.453. The third kappa shape index (κ3) is 2.86. The van der Waals surface area contributed by atoms with Crippen molar-refractivity contribution in [3.8, 4) is 5.75 Å². The summed E-state index contributed by atoms with van der Waals surface area (Å²) in [4.78, 5) is 0. The van der Waals surface area contributed by atoms with E-state index in [-0.39, 0.29) is 0 Å². The maximum atomic E-state index is 5.57. The van der Waals surface area contributed by atoms with Gasteiger partial charge in [-0.2, -0.15) is 0 Å². The van der Waals surface area contributed by atoms with Gasteiger partial charge < -0.3 is 9.15 Å². The fourth-order valence-corrected chi connectivity index (χ4v) is 1.63. The molecule has 3 heteroatoms. The van der Waals surface area contributed by atoms with Gasteiger partial charge >= 0.3 is 0 Å². The lowest BCUT2D eigenvalue weighted by Gasteiger charge is -2.04. The van der Waals surface area contributed by atoms with Crippen LogP contribution < -0.4 is 4.74 Å². The highest BCUT2D eigenvalue weighted by Crippen LogP contribution is 2.17. The first-order valence-electron chi connectivity index (χ1n) is 4.68. The van der Waals surface area contributed by atoms with Crippen molar-refractivity contribution in [1.29, 1.82) is 0 Å². The molecule has 0 unspecified atom stereocenters. The van der Waals surface area contributed by atoms with E-state index in [9.17, 15) is 0 Å². The summed E-state index contributed by atoms with van der Waals surface area (Å²) < 4.78 is 11.6. The highest BCUT2D eigenvalue weighted by atomic mass is 79.9. The van der Waals surface area contributed by atoms with Crippen LogP contribution in [0.25, 0.3) is 0 Å². The van der Waals surface area contributed by atoms with Crippen LogP contribution in [0.3, 0.4) is 0 Å². The standard InChI is InChI=1S/C12H11BrO2/c1-9-3-2-4-10(7-9)14-8-11-5-6-12(13)15-11/h2-7H,8H2,1H3. The van der Waals surface area contributed by atoms with Gasteiger partial charge in [-0.05, 0) is 52.7 Å². The molecule has 1 aromatic carbocycles. The Bertz CT molecular complexity index is 448. The normalized spacial score (nSPS) is 10.3. The lowest BCUT2D eigenvalue weighted by molar-refractivity contribution is 0.267. The van der Waals surface area contributed by atoms with E-state index in [0.29, 0.717) is 6.61 Å². The van der Waals surface area contributed by atoms with Gasteiger partial charge in [0.05, 0.1) is 0 Å². The van der Waals surface area contributed by atoms with Crippen molar-refractivity contribution >= 4 is 15.9 Å². The molecule has 0 saturated carbocycles. The van der Waals surface area contributed by atoms with Gasteiger partial charge in [0.15, 0.2) is 4.67 Å². The fourth-order valence-electron chi connectivity index (χ4n) is 1.29. The molecule has 0 aliphatic rings. The van der Waals surface area contributed by atoms with Crippen LogP contribution in [0.2, 0.25) is 0 Å². The van der Waals surface area contributed by atoms with Crippen molar-refractivity contribution in [1.82, 2.24) is 0 Å². The van der Waals surface area contributed by atoms with E-state index in [1.165, 1.54) is 5.56 Å². The van der Waals surface area contributed by atoms with E-state index in [4.69, 9.17) is 9.15 Å². The zero-order chi connectivity index (χ0) is 10.7. The van der Waals surface area contributed by atoms with Crippen molar-refractivity contribution in [2.45, 2.75) is 13.5 Å². The molecular weight excluding hydrogens is 256 g/mol. The Hall–Kier alpha value is -1.22. The summed E-state index contributed by atoms with van der Waals surface area (Å²) >= 11 is 3.25. The first-order chi connectivity index (χ1) is 7.24. The Morgan fingerprint density at radius 3 is 2.80 bits per heavy atom. The van der Waals surface area contributed by atoms with E-state index in [0.717, 1.165) is 16.2 Å². The van der Waals surface area contributed by atoms with E-state index in [1.54, 1.807) is 0 Å². The van der Waals surface area contributed by atoms with Crippen molar-refractivity contribution in [3.05, 3.63) is 52.4 Å². The number of ether oxygens (including phenoxy) is 1. The minimum Gasteiger partial charge on any atom is -0.486 e. The van der Waals surface area contributed by atoms with Crippen LogP contribution in [-0.2, 0) is 6.61 Å². The number of aryl methyl sites for hydroxylation is 1. The lowest BCUT2D eigenvalue weighted by Crippen LogP contribution is -1.93. The van der Waals surface area contributed by atoms with E-state index in [1.807, 2.05) is 43.3 Å².